The summed E-state index contributed by atoms with van der Waals surface area (Å²) in [7, 11) is 0. The molecule has 0 heterocycles. The third kappa shape index (κ3) is 6.27. The van der Waals surface area contributed by atoms with Crippen LogP contribution in [0.5, 0.6) is 0 Å². The fraction of sp³-hybridized carbons (Fsp3) is 0.471. The smallest absolute Gasteiger partial charge is 0.141 e. The molecular formula is C17H22O2S. The molecule has 1 aromatic carbocycles. The van der Waals surface area contributed by atoms with E-state index in [1.54, 1.807) is 0 Å². The number of carbonyl (C=O) groups excluding carboxylic acids is 1. The van der Waals surface area contributed by atoms with Crippen molar-refractivity contribution in [3.63, 3.8) is 0 Å². The summed E-state index contributed by atoms with van der Waals surface area (Å²) >= 11 is 1.46. The highest BCUT2D eigenvalue weighted by Crippen LogP contribution is 2.19. The summed E-state index contributed by atoms with van der Waals surface area (Å²) in [4.78, 5) is 13.1. The van der Waals surface area contributed by atoms with Gasteiger partial charge in [-0.1, -0.05) is 44.9 Å². The largest absolute Gasteiger partial charge is 0.365 e. The third-order valence-corrected chi connectivity index (χ3v) is 3.43. The van der Waals surface area contributed by atoms with Gasteiger partial charge in [0.1, 0.15) is 11.9 Å². The van der Waals surface area contributed by atoms with Crippen LogP contribution < -0.4 is 0 Å². The Morgan fingerprint density at radius 1 is 1.30 bits per heavy atom. The maximum absolute atomic E-state index is 12.0. The van der Waals surface area contributed by atoms with E-state index in [-0.39, 0.29) is 17.3 Å². The average Bonchev–Trinajstić information content (AvgIpc) is 2.39. The third-order valence-electron chi connectivity index (χ3n) is 2.71. The highest BCUT2D eigenvalue weighted by Gasteiger charge is 2.24. The van der Waals surface area contributed by atoms with Gasteiger partial charge in [-0.15, -0.1) is 0 Å². The molecule has 0 saturated carbocycles. The van der Waals surface area contributed by atoms with Gasteiger partial charge in [0.2, 0.25) is 0 Å². The fourth-order valence-electron chi connectivity index (χ4n) is 1.47. The lowest BCUT2D eigenvalue weighted by Gasteiger charge is -2.19. The summed E-state index contributed by atoms with van der Waals surface area (Å²) in [6.45, 7) is 8.24. The Morgan fingerprint density at radius 2 is 1.95 bits per heavy atom. The molecule has 0 radical (unpaired) electrons. The van der Waals surface area contributed by atoms with Crippen molar-refractivity contribution in [2.45, 2.75) is 45.1 Å². The Hall–Kier alpha value is -1.24. The van der Waals surface area contributed by atoms with Crippen LogP contribution in [-0.4, -0.2) is 18.5 Å². The van der Waals surface area contributed by atoms with Gasteiger partial charge in [0.15, 0.2) is 0 Å². The summed E-state index contributed by atoms with van der Waals surface area (Å²) < 4.78 is 5.54. The van der Waals surface area contributed by atoms with Gasteiger partial charge < -0.3 is 4.74 Å². The summed E-state index contributed by atoms with van der Waals surface area (Å²) in [5, 5.41) is 3.03. The Labute approximate surface area is 126 Å². The zero-order valence-electron chi connectivity index (χ0n) is 12.6. The second kappa shape index (κ2) is 8.14. The second-order valence-electron chi connectivity index (χ2n) is 5.48. The molecule has 2 nitrogen and oxygen atoms in total. The molecule has 108 valence electrons. The minimum absolute atomic E-state index is 0.176. The zero-order valence-corrected chi connectivity index (χ0v) is 13.4. The molecule has 0 bridgehead atoms. The highest BCUT2D eigenvalue weighted by atomic mass is 32.2. The van der Waals surface area contributed by atoms with E-state index in [9.17, 15) is 4.79 Å². The lowest BCUT2D eigenvalue weighted by atomic mass is 9.88. The van der Waals surface area contributed by atoms with Crippen LogP contribution in [-0.2, 0) is 9.53 Å². The van der Waals surface area contributed by atoms with Gasteiger partial charge in [0.05, 0.1) is 0 Å². The number of ketones is 1. The molecule has 1 rings (SSSR count). The summed E-state index contributed by atoms with van der Waals surface area (Å²) in [5.41, 5.74) is -0.344. The number of carbonyl (C=O) groups is 1. The highest BCUT2D eigenvalue weighted by molar-refractivity contribution is 8.03. The van der Waals surface area contributed by atoms with Gasteiger partial charge in [-0.05, 0) is 36.1 Å². The minimum Gasteiger partial charge on any atom is -0.365 e. The summed E-state index contributed by atoms with van der Waals surface area (Å²) in [6.07, 6.45) is 0.0302. The van der Waals surface area contributed by atoms with Gasteiger partial charge in [-0.25, -0.2) is 0 Å². The number of Topliss-reactive ketones (excluding diaryl/α,β-unsaturated/α-hetero) is 1. The van der Waals surface area contributed by atoms with Crippen molar-refractivity contribution in [2.75, 3.05) is 6.61 Å². The molecule has 0 spiro atoms. The van der Waals surface area contributed by atoms with Crippen molar-refractivity contribution in [1.82, 2.24) is 0 Å². The molecule has 0 saturated heterocycles. The van der Waals surface area contributed by atoms with Gasteiger partial charge >= 0.3 is 0 Å². The van der Waals surface area contributed by atoms with Crippen molar-refractivity contribution in [2.24, 2.45) is 5.41 Å². The van der Waals surface area contributed by atoms with E-state index in [1.807, 2.05) is 58.0 Å². The first-order valence-corrected chi connectivity index (χ1v) is 7.62. The Morgan fingerprint density at radius 3 is 2.50 bits per heavy atom. The maximum Gasteiger partial charge on any atom is 0.141 e. The van der Waals surface area contributed by atoms with Crippen molar-refractivity contribution in [3.05, 3.63) is 30.3 Å². The first-order chi connectivity index (χ1) is 9.43. The predicted octanol–water partition coefficient (Wildman–Crippen LogP) is 4.15. The molecule has 0 aliphatic rings. The number of hydrogen-bond acceptors (Lipinski definition) is 3. The van der Waals surface area contributed by atoms with Crippen LogP contribution in [0.1, 0.15) is 34.1 Å². The van der Waals surface area contributed by atoms with Crippen LogP contribution in [0, 0.1) is 16.6 Å². The molecule has 0 aliphatic carbocycles. The summed E-state index contributed by atoms with van der Waals surface area (Å²) in [6, 6.07) is 9.95. The molecule has 0 fully saturated rings. The van der Waals surface area contributed by atoms with E-state index in [1.165, 1.54) is 11.8 Å². The predicted molar refractivity (Wildman–Crippen MR) is 84.6 cm³/mol. The van der Waals surface area contributed by atoms with E-state index < -0.39 is 0 Å². The van der Waals surface area contributed by atoms with Crippen LogP contribution >= 0.6 is 11.8 Å². The monoisotopic (exact) mass is 290 g/mol. The fourth-order valence-corrected chi connectivity index (χ4v) is 2.07. The quantitative estimate of drug-likeness (QED) is 0.602. The van der Waals surface area contributed by atoms with E-state index >= 15 is 0 Å². The molecule has 1 unspecified atom stereocenters. The van der Waals surface area contributed by atoms with Gasteiger partial charge in [-0.3, -0.25) is 4.79 Å². The number of benzene rings is 1. The van der Waals surface area contributed by atoms with Crippen molar-refractivity contribution in [1.29, 1.82) is 0 Å². The molecule has 0 N–H and O–H groups in total. The number of hydrogen-bond donors (Lipinski definition) is 0. The van der Waals surface area contributed by atoms with Crippen molar-refractivity contribution < 1.29 is 9.53 Å². The molecule has 0 aliphatic heterocycles. The first-order valence-electron chi connectivity index (χ1n) is 6.81. The second-order valence-corrected chi connectivity index (χ2v) is 6.36. The van der Waals surface area contributed by atoms with Crippen molar-refractivity contribution in [3.8, 4) is 11.2 Å². The molecule has 20 heavy (non-hydrogen) atoms. The molecule has 3 heteroatoms. The normalized spacial score (nSPS) is 12.4. The van der Waals surface area contributed by atoms with Crippen LogP contribution in [0.3, 0.4) is 0 Å². The van der Waals surface area contributed by atoms with Gasteiger partial charge in [0.25, 0.3) is 0 Å². The van der Waals surface area contributed by atoms with Gasteiger partial charge in [-0.2, -0.15) is 0 Å². The topological polar surface area (TPSA) is 26.3 Å². The van der Waals surface area contributed by atoms with E-state index in [0.29, 0.717) is 13.0 Å². The molecule has 1 atom stereocenters. The number of rotatable bonds is 5. The minimum atomic E-state index is -0.344. The van der Waals surface area contributed by atoms with E-state index in [0.717, 1.165) is 4.90 Å². The van der Waals surface area contributed by atoms with Crippen LogP contribution in [0.15, 0.2) is 35.2 Å². The lowest BCUT2D eigenvalue weighted by Crippen LogP contribution is -2.26. The number of thioether (sulfide) groups is 1. The van der Waals surface area contributed by atoms with E-state index in [2.05, 4.69) is 11.2 Å². The average molecular weight is 290 g/mol. The first kappa shape index (κ1) is 16.8. The molecule has 1 aromatic rings. The Bertz CT molecular complexity index is 477. The molecule has 0 aromatic heterocycles. The summed E-state index contributed by atoms with van der Waals surface area (Å²) in [5.74, 6) is 3.22. The maximum atomic E-state index is 12.0. The molecule has 0 amide bonds. The molecular weight excluding hydrogens is 268 g/mol. The van der Waals surface area contributed by atoms with E-state index in [4.69, 9.17) is 4.74 Å². The van der Waals surface area contributed by atoms with Gasteiger partial charge in [0, 0.05) is 23.3 Å². The Kier molecular flexibility index (Phi) is 6.84. The standard InChI is InChI=1S/C17H22O2S/c1-5-19-14(13-16(18)17(2,3)4)11-12-20-15-9-7-6-8-10-15/h6-10,14H,5,13H2,1-4H3. The Balaban J connectivity index is 2.62. The zero-order chi connectivity index (χ0) is 15.0. The van der Waals surface area contributed by atoms with Crippen LogP contribution in [0.25, 0.3) is 0 Å². The van der Waals surface area contributed by atoms with Crippen LogP contribution in [0.2, 0.25) is 0 Å². The SMILES string of the molecule is CCOC(C#CSc1ccccc1)CC(=O)C(C)(C)C. The lowest BCUT2D eigenvalue weighted by molar-refractivity contribution is -0.128. The van der Waals surface area contributed by atoms with Crippen molar-refractivity contribution >= 4 is 17.5 Å². The van der Waals surface area contributed by atoms with Crippen LogP contribution in [0.4, 0.5) is 0 Å². The number of ether oxygens (including phenoxy) is 1.